The van der Waals surface area contributed by atoms with Gasteiger partial charge in [-0.1, -0.05) is 34.1 Å². The molecule has 0 saturated carbocycles. The minimum absolute atomic E-state index is 0.652. The molecule has 2 heteroatoms. The average molecular weight is 250 g/mol. The highest BCUT2D eigenvalue weighted by molar-refractivity contribution is 4.97. The normalized spacial score (nSPS) is 26.8. The highest BCUT2D eigenvalue weighted by Crippen LogP contribution is 2.19. The Hall–Kier alpha value is -0.520. The fraction of sp³-hybridized carbons (Fsp3) is 0.875. The van der Waals surface area contributed by atoms with Crippen LogP contribution in [0.2, 0.25) is 0 Å². The second-order valence-electron chi connectivity index (χ2n) is 5.88. The molecule has 0 radical (unpaired) electrons. The van der Waals surface area contributed by atoms with Crippen molar-refractivity contribution in [3.8, 4) is 11.8 Å². The van der Waals surface area contributed by atoms with Crippen molar-refractivity contribution in [1.82, 2.24) is 10.2 Å². The van der Waals surface area contributed by atoms with E-state index >= 15 is 0 Å². The van der Waals surface area contributed by atoms with Crippen LogP contribution in [0, 0.1) is 23.7 Å². The standard InChI is InChI=1S/C16H30N2/c1-6-8-9-10-18-12-15(14(5)7-2)17-11-16(18)13(3)4/h13-17H,7,9-12H2,1-5H3. The molecule has 0 amide bonds. The topological polar surface area (TPSA) is 15.3 Å². The van der Waals surface area contributed by atoms with Crippen molar-refractivity contribution in [2.75, 3.05) is 19.6 Å². The molecule has 1 N–H and O–H groups in total. The first kappa shape index (κ1) is 15.5. The van der Waals surface area contributed by atoms with E-state index in [9.17, 15) is 0 Å². The van der Waals surface area contributed by atoms with Crippen LogP contribution in [0.25, 0.3) is 0 Å². The molecule has 1 heterocycles. The van der Waals surface area contributed by atoms with Gasteiger partial charge in [0.15, 0.2) is 0 Å². The summed E-state index contributed by atoms with van der Waals surface area (Å²) >= 11 is 0. The first-order valence-corrected chi connectivity index (χ1v) is 7.47. The van der Waals surface area contributed by atoms with Crippen molar-refractivity contribution in [2.45, 2.75) is 59.5 Å². The van der Waals surface area contributed by atoms with E-state index in [1.807, 2.05) is 6.92 Å². The molecule has 0 aliphatic carbocycles. The van der Waals surface area contributed by atoms with Gasteiger partial charge in [-0.2, -0.15) is 0 Å². The van der Waals surface area contributed by atoms with Gasteiger partial charge in [-0.15, -0.1) is 11.8 Å². The Bertz CT molecular complexity index is 287. The summed E-state index contributed by atoms with van der Waals surface area (Å²) in [4.78, 5) is 2.66. The minimum atomic E-state index is 0.652. The van der Waals surface area contributed by atoms with Gasteiger partial charge in [-0.05, 0) is 18.8 Å². The minimum Gasteiger partial charge on any atom is -0.311 e. The smallest absolute Gasteiger partial charge is 0.0244 e. The summed E-state index contributed by atoms with van der Waals surface area (Å²) in [6.45, 7) is 14.7. The van der Waals surface area contributed by atoms with E-state index < -0.39 is 0 Å². The Morgan fingerprint density at radius 2 is 2.06 bits per heavy atom. The summed E-state index contributed by atoms with van der Waals surface area (Å²) in [5.74, 6) is 7.68. The monoisotopic (exact) mass is 250 g/mol. The Morgan fingerprint density at radius 1 is 1.33 bits per heavy atom. The van der Waals surface area contributed by atoms with E-state index in [2.05, 4.69) is 49.8 Å². The molecule has 0 aromatic heterocycles. The highest BCUT2D eigenvalue weighted by atomic mass is 15.2. The van der Waals surface area contributed by atoms with Gasteiger partial charge in [0.1, 0.15) is 0 Å². The van der Waals surface area contributed by atoms with Gasteiger partial charge < -0.3 is 5.32 Å². The molecule has 0 aromatic carbocycles. The van der Waals surface area contributed by atoms with Crippen LogP contribution >= 0.6 is 0 Å². The second-order valence-corrected chi connectivity index (χ2v) is 5.88. The number of piperazine rings is 1. The van der Waals surface area contributed by atoms with Gasteiger partial charge in [-0.3, -0.25) is 4.90 Å². The molecule has 1 rings (SSSR count). The Labute approximate surface area is 114 Å². The molecular weight excluding hydrogens is 220 g/mol. The molecule has 1 aliphatic heterocycles. The quantitative estimate of drug-likeness (QED) is 0.755. The lowest BCUT2D eigenvalue weighted by molar-refractivity contribution is 0.0842. The van der Waals surface area contributed by atoms with E-state index in [0.29, 0.717) is 18.0 Å². The van der Waals surface area contributed by atoms with Crippen LogP contribution in [0.15, 0.2) is 0 Å². The third-order valence-electron chi connectivity index (χ3n) is 4.29. The largest absolute Gasteiger partial charge is 0.311 e. The summed E-state index contributed by atoms with van der Waals surface area (Å²) in [6, 6.07) is 1.32. The molecule has 1 aliphatic rings. The molecule has 0 aromatic rings. The molecule has 0 bridgehead atoms. The summed E-state index contributed by atoms with van der Waals surface area (Å²) in [5.41, 5.74) is 0. The second kappa shape index (κ2) is 7.81. The van der Waals surface area contributed by atoms with E-state index in [1.54, 1.807) is 0 Å². The molecular formula is C16H30N2. The summed E-state index contributed by atoms with van der Waals surface area (Å²) in [6.07, 6.45) is 2.26. The Balaban J connectivity index is 2.59. The van der Waals surface area contributed by atoms with Gasteiger partial charge in [0.2, 0.25) is 0 Å². The van der Waals surface area contributed by atoms with Gasteiger partial charge >= 0.3 is 0 Å². The summed E-state index contributed by atoms with van der Waals surface area (Å²) in [7, 11) is 0. The Morgan fingerprint density at radius 3 is 2.61 bits per heavy atom. The average Bonchev–Trinajstić information content (AvgIpc) is 2.37. The van der Waals surface area contributed by atoms with Gasteiger partial charge in [0, 0.05) is 38.1 Å². The molecule has 18 heavy (non-hydrogen) atoms. The molecule has 3 atom stereocenters. The first-order chi connectivity index (χ1) is 8.60. The number of nitrogens with one attached hydrogen (secondary N) is 1. The van der Waals surface area contributed by atoms with E-state index in [1.165, 1.54) is 13.0 Å². The van der Waals surface area contributed by atoms with Crippen LogP contribution in [0.4, 0.5) is 0 Å². The zero-order valence-electron chi connectivity index (χ0n) is 12.8. The van der Waals surface area contributed by atoms with Crippen molar-refractivity contribution in [1.29, 1.82) is 0 Å². The lowest BCUT2D eigenvalue weighted by atomic mass is 9.92. The first-order valence-electron chi connectivity index (χ1n) is 7.47. The van der Waals surface area contributed by atoms with E-state index in [-0.39, 0.29) is 0 Å². The number of rotatable bonds is 5. The maximum absolute atomic E-state index is 3.74. The summed E-state index contributed by atoms with van der Waals surface area (Å²) in [5, 5.41) is 3.74. The number of nitrogens with zero attached hydrogens (tertiary/aromatic N) is 1. The zero-order valence-corrected chi connectivity index (χ0v) is 12.8. The predicted octanol–water partition coefficient (Wildman–Crippen LogP) is 2.74. The lowest BCUT2D eigenvalue weighted by Crippen LogP contribution is -2.59. The van der Waals surface area contributed by atoms with Crippen molar-refractivity contribution in [3.63, 3.8) is 0 Å². The van der Waals surface area contributed by atoms with Crippen molar-refractivity contribution < 1.29 is 0 Å². The molecule has 1 saturated heterocycles. The Kier molecular flexibility index (Phi) is 6.75. The summed E-state index contributed by atoms with van der Waals surface area (Å²) < 4.78 is 0. The van der Waals surface area contributed by atoms with Crippen LogP contribution in [0.5, 0.6) is 0 Å². The molecule has 3 unspecified atom stereocenters. The number of hydrogen-bond donors (Lipinski definition) is 1. The van der Waals surface area contributed by atoms with Crippen molar-refractivity contribution >= 4 is 0 Å². The fourth-order valence-corrected chi connectivity index (χ4v) is 2.76. The third-order valence-corrected chi connectivity index (χ3v) is 4.29. The highest BCUT2D eigenvalue weighted by Gasteiger charge is 2.31. The van der Waals surface area contributed by atoms with Crippen LogP contribution < -0.4 is 5.32 Å². The van der Waals surface area contributed by atoms with Gasteiger partial charge in [0.05, 0.1) is 0 Å². The SMILES string of the molecule is CC#CCCN1CC(C(C)CC)NCC1C(C)C. The van der Waals surface area contributed by atoms with Gasteiger partial charge in [0.25, 0.3) is 0 Å². The molecule has 1 fully saturated rings. The molecule has 0 spiro atoms. The predicted molar refractivity (Wildman–Crippen MR) is 79.5 cm³/mol. The van der Waals surface area contributed by atoms with Crippen LogP contribution in [0.1, 0.15) is 47.5 Å². The molecule has 2 nitrogen and oxygen atoms in total. The van der Waals surface area contributed by atoms with E-state index in [4.69, 9.17) is 0 Å². The van der Waals surface area contributed by atoms with E-state index in [0.717, 1.165) is 25.4 Å². The van der Waals surface area contributed by atoms with Crippen molar-refractivity contribution in [2.24, 2.45) is 11.8 Å². The number of hydrogen-bond acceptors (Lipinski definition) is 2. The fourth-order valence-electron chi connectivity index (χ4n) is 2.76. The lowest BCUT2D eigenvalue weighted by Gasteiger charge is -2.44. The molecule has 104 valence electrons. The van der Waals surface area contributed by atoms with Crippen LogP contribution in [-0.4, -0.2) is 36.6 Å². The van der Waals surface area contributed by atoms with Gasteiger partial charge in [-0.25, -0.2) is 0 Å². The van der Waals surface area contributed by atoms with Crippen LogP contribution in [-0.2, 0) is 0 Å². The maximum atomic E-state index is 3.74. The zero-order chi connectivity index (χ0) is 13.5. The third kappa shape index (κ3) is 4.30. The maximum Gasteiger partial charge on any atom is 0.0244 e. The van der Waals surface area contributed by atoms with Crippen LogP contribution in [0.3, 0.4) is 0 Å². The van der Waals surface area contributed by atoms with Crippen molar-refractivity contribution in [3.05, 3.63) is 0 Å².